The molecule has 5 nitrogen and oxygen atoms in total. The molecule has 6 heteroatoms. The minimum atomic E-state index is -3.76. The van der Waals surface area contributed by atoms with Gasteiger partial charge in [0.25, 0.3) is 0 Å². The molecule has 0 atom stereocenters. The maximum atomic E-state index is 13.1. The Morgan fingerprint density at radius 2 is 1.41 bits per heavy atom. The largest absolute Gasteiger partial charge is 0.462 e. The van der Waals surface area contributed by atoms with Crippen LogP contribution in [0.25, 0.3) is 17.2 Å². The second kappa shape index (κ2) is 10.2. The van der Waals surface area contributed by atoms with Crippen LogP contribution < -0.4 is 0 Å². The quantitative estimate of drug-likeness (QED) is 0.321. The van der Waals surface area contributed by atoms with Gasteiger partial charge in [0.1, 0.15) is 5.31 Å². The second-order valence-corrected chi connectivity index (χ2v) is 7.56. The molecule has 144 valence electrons. The zero-order chi connectivity index (χ0) is 19.7. The van der Waals surface area contributed by atoms with Crippen LogP contribution in [0, 0.1) is 0 Å². The number of hydrogen-bond acceptors (Lipinski definition) is 5. The highest BCUT2D eigenvalue weighted by molar-refractivity contribution is 7.60. The third-order valence-electron chi connectivity index (χ3n) is 3.70. The average molecular weight is 388 g/mol. The summed E-state index contributed by atoms with van der Waals surface area (Å²) in [4.78, 5) is 12.4. The van der Waals surface area contributed by atoms with E-state index in [1.807, 2.05) is 54.6 Å². The van der Waals surface area contributed by atoms with Gasteiger partial charge in [-0.2, -0.15) is 0 Å². The van der Waals surface area contributed by atoms with Gasteiger partial charge in [-0.15, -0.1) is 0 Å². The topological polar surface area (TPSA) is 61.8 Å². The molecule has 0 saturated heterocycles. The summed E-state index contributed by atoms with van der Waals surface area (Å²) in [6.07, 6.45) is 1.51. The van der Waals surface area contributed by atoms with E-state index in [1.165, 1.54) is 6.08 Å². The SMILES string of the molecule is CCOC(=O)/C(=C/c1ccc(-c2ccccc2)cc1)P(=O)(OCC)OCC. The molecule has 27 heavy (non-hydrogen) atoms. The van der Waals surface area contributed by atoms with Crippen molar-refractivity contribution >= 4 is 19.6 Å². The highest BCUT2D eigenvalue weighted by atomic mass is 31.2. The first-order valence-corrected chi connectivity index (χ1v) is 10.5. The van der Waals surface area contributed by atoms with E-state index >= 15 is 0 Å². The van der Waals surface area contributed by atoms with Crippen molar-refractivity contribution < 1.29 is 23.1 Å². The van der Waals surface area contributed by atoms with Gasteiger partial charge in [-0.1, -0.05) is 54.6 Å². The minimum absolute atomic E-state index is 0.0967. The third-order valence-corrected chi connectivity index (χ3v) is 5.80. The summed E-state index contributed by atoms with van der Waals surface area (Å²) in [5.41, 5.74) is 2.84. The molecule has 2 rings (SSSR count). The summed E-state index contributed by atoms with van der Waals surface area (Å²) in [5, 5.41) is -0.0967. The van der Waals surface area contributed by atoms with E-state index in [1.54, 1.807) is 20.8 Å². The number of rotatable bonds is 9. The second-order valence-electron chi connectivity index (χ2n) is 5.57. The van der Waals surface area contributed by atoms with E-state index in [2.05, 4.69) is 0 Å². The summed E-state index contributed by atoms with van der Waals surface area (Å²) >= 11 is 0. The highest BCUT2D eigenvalue weighted by Crippen LogP contribution is 2.57. The van der Waals surface area contributed by atoms with Crippen LogP contribution >= 0.6 is 7.60 Å². The van der Waals surface area contributed by atoms with E-state index in [4.69, 9.17) is 13.8 Å². The van der Waals surface area contributed by atoms with Crippen LogP contribution in [0.3, 0.4) is 0 Å². The first kappa shape index (κ1) is 21.1. The number of hydrogen-bond donors (Lipinski definition) is 0. The number of ether oxygens (including phenoxy) is 1. The first-order chi connectivity index (χ1) is 13.0. The Bertz CT molecular complexity index is 802. The fraction of sp³-hybridized carbons (Fsp3) is 0.286. The normalized spacial score (nSPS) is 12.0. The maximum Gasteiger partial charge on any atom is 0.368 e. The summed E-state index contributed by atoms with van der Waals surface area (Å²) in [7, 11) is -3.76. The summed E-state index contributed by atoms with van der Waals surface area (Å²) in [5.74, 6) is -0.699. The van der Waals surface area contributed by atoms with Crippen molar-refractivity contribution in [3.63, 3.8) is 0 Å². The zero-order valence-electron chi connectivity index (χ0n) is 15.9. The van der Waals surface area contributed by atoms with Crippen LogP contribution in [0.15, 0.2) is 59.9 Å². The number of carbonyl (C=O) groups is 1. The molecule has 0 aliphatic carbocycles. The van der Waals surface area contributed by atoms with Crippen molar-refractivity contribution in [1.82, 2.24) is 0 Å². The Balaban J connectivity index is 2.41. The Hall–Kier alpha value is -2.20. The summed E-state index contributed by atoms with van der Waals surface area (Å²) in [6, 6.07) is 17.5. The van der Waals surface area contributed by atoms with Gasteiger partial charge in [-0.25, -0.2) is 4.79 Å². The Morgan fingerprint density at radius 1 is 0.852 bits per heavy atom. The molecule has 0 saturated carbocycles. The molecule has 0 radical (unpaired) electrons. The van der Waals surface area contributed by atoms with Crippen molar-refractivity contribution in [3.8, 4) is 11.1 Å². The van der Waals surface area contributed by atoms with Crippen molar-refractivity contribution in [2.45, 2.75) is 20.8 Å². The van der Waals surface area contributed by atoms with Gasteiger partial charge < -0.3 is 13.8 Å². The van der Waals surface area contributed by atoms with Gasteiger partial charge >= 0.3 is 13.6 Å². The summed E-state index contributed by atoms with van der Waals surface area (Å²) < 4.78 is 28.8. The standard InChI is InChI=1S/C21H25O5P/c1-4-24-21(22)20(27(23,25-5-2)26-6-3)16-17-12-14-19(15-13-17)18-10-8-7-9-11-18/h7-16H,4-6H2,1-3H3/b20-16-. The van der Waals surface area contributed by atoms with Gasteiger partial charge in [-0.05, 0) is 43.5 Å². The van der Waals surface area contributed by atoms with Crippen LogP contribution in [-0.4, -0.2) is 25.8 Å². The third kappa shape index (κ3) is 5.64. The molecule has 0 unspecified atom stereocenters. The Labute approximate surface area is 160 Å². The molecule has 0 aliphatic heterocycles. The lowest BCUT2D eigenvalue weighted by Crippen LogP contribution is -2.11. The van der Waals surface area contributed by atoms with Gasteiger partial charge in [0.15, 0.2) is 0 Å². The van der Waals surface area contributed by atoms with Crippen molar-refractivity contribution in [1.29, 1.82) is 0 Å². The van der Waals surface area contributed by atoms with Gasteiger partial charge in [0.2, 0.25) is 0 Å². The van der Waals surface area contributed by atoms with Crippen LogP contribution in [0.4, 0.5) is 0 Å². The lowest BCUT2D eigenvalue weighted by atomic mass is 10.0. The van der Waals surface area contributed by atoms with Crippen molar-refractivity contribution in [3.05, 3.63) is 65.5 Å². The van der Waals surface area contributed by atoms with E-state index in [0.717, 1.165) is 11.1 Å². The number of carbonyl (C=O) groups excluding carboxylic acids is 1. The fourth-order valence-corrected chi connectivity index (χ4v) is 4.16. The molecule has 2 aromatic carbocycles. The van der Waals surface area contributed by atoms with E-state index in [-0.39, 0.29) is 25.1 Å². The smallest absolute Gasteiger partial charge is 0.368 e. The molecule has 0 bridgehead atoms. The van der Waals surface area contributed by atoms with Crippen LogP contribution in [0.2, 0.25) is 0 Å². The molecule has 0 N–H and O–H groups in total. The first-order valence-electron chi connectivity index (χ1n) is 8.98. The number of esters is 1. The summed E-state index contributed by atoms with van der Waals surface area (Å²) in [6.45, 7) is 5.56. The molecule has 0 aromatic heterocycles. The highest BCUT2D eigenvalue weighted by Gasteiger charge is 2.36. The van der Waals surface area contributed by atoms with Crippen LogP contribution in [-0.2, 0) is 23.1 Å². The number of benzene rings is 2. The van der Waals surface area contributed by atoms with E-state index in [0.29, 0.717) is 5.56 Å². The van der Waals surface area contributed by atoms with Crippen molar-refractivity contribution in [2.75, 3.05) is 19.8 Å². The molecule has 0 spiro atoms. The van der Waals surface area contributed by atoms with Crippen molar-refractivity contribution in [2.24, 2.45) is 0 Å². The predicted molar refractivity (Wildman–Crippen MR) is 107 cm³/mol. The lowest BCUT2D eigenvalue weighted by molar-refractivity contribution is -0.137. The fourth-order valence-electron chi connectivity index (χ4n) is 2.53. The average Bonchev–Trinajstić information content (AvgIpc) is 2.68. The predicted octanol–water partition coefficient (Wildman–Crippen LogP) is 5.52. The van der Waals surface area contributed by atoms with Gasteiger partial charge in [-0.3, -0.25) is 4.57 Å². The molecular formula is C21H25O5P. The molecule has 0 heterocycles. The van der Waals surface area contributed by atoms with Crippen LogP contribution in [0.1, 0.15) is 26.3 Å². The molecule has 2 aromatic rings. The molecule has 0 amide bonds. The zero-order valence-corrected chi connectivity index (χ0v) is 16.8. The Kier molecular flexibility index (Phi) is 7.99. The lowest BCUT2D eigenvalue weighted by Gasteiger charge is -2.19. The molecule has 0 aliphatic rings. The maximum absolute atomic E-state index is 13.1. The van der Waals surface area contributed by atoms with Crippen LogP contribution in [0.5, 0.6) is 0 Å². The molecular weight excluding hydrogens is 363 g/mol. The monoisotopic (exact) mass is 388 g/mol. The van der Waals surface area contributed by atoms with E-state index in [9.17, 15) is 9.36 Å². The Morgan fingerprint density at radius 3 is 1.93 bits per heavy atom. The van der Waals surface area contributed by atoms with Gasteiger partial charge in [0.05, 0.1) is 19.8 Å². The van der Waals surface area contributed by atoms with E-state index < -0.39 is 13.6 Å². The molecule has 0 fully saturated rings. The minimum Gasteiger partial charge on any atom is -0.462 e. The van der Waals surface area contributed by atoms with Gasteiger partial charge in [0, 0.05) is 0 Å².